The van der Waals surface area contributed by atoms with Gasteiger partial charge in [0.05, 0.1) is 5.75 Å². The highest BCUT2D eigenvalue weighted by atomic mass is 32.2. The topological polar surface area (TPSA) is 26.3 Å². The highest BCUT2D eigenvalue weighted by Crippen LogP contribution is 2.16. The molecule has 24 heavy (non-hydrogen) atoms. The van der Waals surface area contributed by atoms with Crippen molar-refractivity contribution in [3.63, 3.8) is 0 Å². The van der Waals surface area contributed by atoms with Gasteiger partial charge in [0.1, 0.15) is 0 Å². The normalized spacial score (nSPS) is 10.0. The standard InChI is InChI=1S/C21H30O2S/c1-2-3-4-5-6-7-8-9-10-11-15-18-23-21(22)19-24-20-16-13-12-14-17-20/h12-14,16-17H,2-10,18-19H2,1H3. The van der Waals surface area contributed by atoms with E-state index in [0.29, 0.717) is 5.75 Å². The van der Waals surface area contributed by atoms with E-state index in [9.17, 15) is 4.79 Å². The first-order chi connectivity index (χ1) is 11.8. The summed E-state index contributed by atoms with van der Waals surface area (Å²) in [5, 5.41) is 0. The van der Waals surface area contributed by atoms with E-state index in [1.54, 1.807) is 0 Å². The van der Waals surface area contributed by atoms with Crippen LogP contribution in [-0.4, -0.2) is 18.3 Å². The maximum Gasteiger partial charge on any atom is 0.317 e. The van der Waals surface area contributed by atoms with Gasteiger partial charge >= 0.3 is 5.97 Å². The van der Waals surface area contributed by atoms with Gasteiger partial charge in [-0.1, -0.05) is 81.9 Å². The van der Waals surface area contributed by atoms with E-state index in [1.807, 2.05) is 30.3 Å². The molecule has 0 unspecified atom stereocenters. The molecule has 0 fully saturated rings. The number of hydrogen-bond donors (Lipinski definition) is 0. The van der Waals surface area contributed by atoms with E-state index >= 15 is 0 Å². The Hall–Kier alpha value is -1.40. The van der Waals surface area contributed by atoms with Gasteiger partial charge in [-0.3, -0.25) is 4.79 Å². The van der Waals surface area contributed by atoms with Gasteiger partial charge < -0.3 is 4.74 Å². The average molecular weight is 347 g/mol. The van der Waals surface area contributed by atoms with Crippen molar-refractivity contribution in [2.24, 2.45) is 0 Å². The Kier molecular flexibility index (Phi) is 13.0. The third-order valence-corrected chi connectivity index (χ3v) is 4.67. The SMILES string of the molecule is CCCCCCCCCCC#CCOC(=O)CSc1ccccc1. The predicted molar refractivity (Wildman–Crippen MR) is 103 cm³/mol. The first-order valence-corrected chi connectivity index (χ1v) is 10.1. The minimum atomic E-state index is -0.203. The first kappa shape index (κ1) is 20.6. The lowest BCUT2D eigenvalue weighted by Gasteiger charge is -2.01. The van der Waals surface area contributed by atoms with E-state index in [-0.39, 0.29) is 12.6 Å². The molecule has 3 heteroatoms. The fourth-order valence-corrected chi connectivity index (χ4v) is 3.02. The zero-order valence-electron chi connectivity index (χ0n) is 14.9. The van der Waals surface area contributed by atoms with Crippen LogP contribution in [0.2, 0.25) is 0 Å². The summed E-state index contributed by atoms with van der Waals surface area (Å²) in [5.74, 6) is 6.16. The summed E-state index contributed by atoms with van der Waals surface area (Å²) < 4.78 is 5.11. The Morgan fingerprint density at radius 3 is 2.33 bits per heavy atom. The van der Waals surface area contributed by atoms with Crippen LogP contribution in [0.5, 0.6) is 0 Å². The van der Waals surface area contributed by atoms with Gasteiger partial charge in [0.2, 0.25) is 0 Å². The van der Waals surface area contributed by atoms with Crippen molar-refractivity contribution in [3.05, 3.63) is 30.3 Å². The van der Waals surface area contributed by atoms with Gasteiger partial charge in [-0.25, -0.2) is 0 Å². The molecule has 0 saturated heterocycles. The largest absolute Gasteiger partial charge is 0.452 e. The van der Waals surface area contributed by atoms with E-state index in [1.165, 1.54) is 56.7 Å². The highest BCUT2D eigenvalue weighted by Gasteiger charge is 2.02. The Morgan fingerprint density at radius 1 is 0.958 bits per heavy atom. The molecule has 0 radical (unpaired) electrons. The average Bonchev–Trinajstić information content (AvgIpc) is 2.62. The number of rotatable bonds is 12. The molecule has 0 aromatic heterocycles. The zero-order valence-corrected chi connectivity index (χ0v) is 15.7. The van der Waals surface area contributed by atoms with Crippen molar-refractivity contribution in [1.82, 2.24) is 0 Å². The van der Waals surface area contributed by atoms with Crippen molar-refractivity contribution in [3.8, 4) is 11.8 Å². The summed E-state index contributed by atoms with van der Waals surface area (Å²) in [7, 11) is 0. The molecule has 0 N–H and O–H groups in total. The predicted octanol–water partition coefficient (Wildman–Crippen LogP) is 5.86. The van der Waals surface area contributed by atoms with Gasteiger partial charge in [-0.15, -0.1) is 11.8 Å². The second kappa shape index (κ2) is 15.1. The van der Waals surface area contributed by atoms with Gasteiger partial charge in [0.15, 0.2) is 6.61 Å². The number of carbonyl (C=O) groups is 1. The summed E-state index contributed by atoms with van der Waals surface area (Å²) >= 11 is 1.49. The Bertz CT molecular complexity index is 488. The second-order valence-electron chi connectivity index (χ2n) is 5.84. The van der Waals surface area contributed by atoms with Crippen molar-refractivity contribution in [1.29, 1.82) is 0 Å². The van der Waals surface area contributed by atoms with Crippen LogP contribution in [0.1, 0.15) is 64.7 Å². The summed E-state index contributed by atoms with van der Waals surface area (Å²) in [4.78, 5) is 12.7. The third kappa shape index (κ3) is 12.1. The molecule has 0 aliphatic rings. The number of thioether (sulfide) groups is 1. The van der Waals surface area contributed by atoms with Crippen LogP contribution in [0.25, 0.3) is 0 Å². The summed E-state index contributed by atoms with van der Waals surface area (Å²) in [5.41, 5.74) is 0. The molecule has 0 atom stereocenters. The van der Waals surface area contributed by atoms with Gasteiger partial charge in [-0.2, -0.15) is 0 Å². The molecule has 0 aliphatic carbocycles. The van der Waals surface area contributed by atoms with Crippen LogP contribution in [0.4, 0.5) is 0 Å². The third-order valence-electron chi connectivity index (χ3n) is 3.69. The molecule has 0 saturated carbocycles. The van der Waals surface area contributed by atoms with Crippen LogP contribution in [0.3, 0.4) is 0 Å². The van der Waals surface area contributed by atoms with E-state index in [0.717, 1.165) is 17.7 Å². The number of hydrogen-bond acceptors (Lipinski definition) is 3. The number of esters is 1. The molecule has 0 aliphatic heterocycles. The Balaban J connectivity index is 1.92. The lowest BCUT2D eigenvalue weighted by atomic mass is 10.1. The summed E-state index contributed by atoms with van der Waals surface area (Å²) in [6.45, 7) is 2.46. The fraction of sp³-hybridized carbons (Fsp3) is 0.571. The number of ether oxygens (including phenoxy) is 1. The molecular weight excluding hydrogens is 316 g/mol. The number of carbonyl (C=O) groups excluding carboxylic acids is 1. The first-order valence-electron chi connectivity index (χ1n) is 9.12. The fourth-order valence-electron chi connectivity index (χ4n) is 2.30. The molecule has 2 nitrogen and oxygen atoms in total. The Labute approximate surface area is 151 Å². The van der Waals surface area contributed by atoms with E-state index < -0.39 is 0 Å². The van der Waals surface area contributed by atoms with Gasteiger partial charge in [-0.05, 0) is 18.6 Å². The molecular formula is C21H30O2S. The molecule has 0 spiro atoms. The number of unbranched alkanes of at least 4 members (excludes halogenated alkanes) is 8. The summed E-state index contributed by atoms with van der Waals surface area (Å²) in [6, 6.07) is 9.86. The van der Waals surface area contributed by atoms with Crippen LogP contribution in [0, 0.1) is 11.8 Å². The quantitative estimate of drug-likeness (QED) is 0.205. The van der Waals surface area contributed by atoms with Crippen molar-refractivity contribution < 1.29 is 9.53 Å². The molecule has 0 amide bonds. The zero-order chi connectivity index (χ0) is 17.3. The molecule has 132 valence electrons. The van der Waals surface area contributed by atoms with Crippen LogP contribution < -0.4 is 0 Å². The maximum atomic E-state index is 11.6. The van der Waals surface area contributed by atoms with Crippen LogP contribution in [0.15, 0.2) is 35.2 Å². The Morgan fingerprint density at radius 2 is 1.62 bits per heavy atom. The molecule has 1 aromatic rings. The minimum absolute atomic E-state index is 0.203. The highest BCUT2D eigenvalue weighted by molar-refractivity contribution is 8.00. The van der Waals surface area contributed by atoms with Crippen molar-refractivity contribution in [2.45, 2.75) is 69.6 Å². The van der Waals surface area contributed by atoms with Crippen LogP contribution >= 0.6 is 11.8 Å². The van der Waals surface area contributed by atoms with E-state index in [2.05, 4.69) is 18.8 Å². The lowest BCUT2D eigenvalue weighted by Crippen LogP contribution is -2.07. The molecule has 0 heterocycles. The maximum absolute atomic E-state index is 11.6. The lowest BCUT2D eigenvalue weighted by molar-refractivity contribution is -0.138. The van der Waals surface area contributed by atoms with E-state index in [4.69, 9.17) is 4.74 Å². The van der Waals surface area contributed by atoms with Crippen molar-refractivity contribution >= 4 is 17.7 Å². The van der Waals surface area contributed by atoms with Crippen molar-refractivity contribution in [2.75, 3.05) is 12.4 Å². The molecule has 1 aromatic carbocycles. The monoisotopic (exact) mass is 346 g/mol. The van der Waals surface area contributed by atoms with Gasteiger partial charge in [0, 0.05) is 11.3 Å². The second-order valence-corrected chi connectivity index (χ2v) is 6.89. The molecule has 1 rings (SSSR count). The summed E-state index contributed by atoms with van der Waals surface area (Å²) in [6.07, 6.45) is 11.4. The van der Waals surface area contributed by atoms with Crippen LogP contribution in [-0.2, 0) is 9.53 Å². The molecule has 0 bridgehead atoms. The number of benzene rings is 1. The smallest absolute Gasteiger partial charge is 0.317 e. The van der Waals surface area contributed by atoms with Gasteiger partial charge in [0.25, 0.3) is 0 Å². The minimum Gasteiger partial charge on any atom is -0.452 e.